The third kappa shape index (κ3) is 2.95. The van der Waals surface area contributed by atoms with E-state index >= 15 is 0 Å². The normalized spacial score (nSPS) is 11.5. The minimum absolute atomic E-state index is 0.279. The fraction of sp³-hybridized carbons (Fsp3) is 0.158. The van der Waals surface area contributed by atoms with E-state index in [1.807, 2.05) is 38.1 Å². The summed E-state index contributed by atoms with van der Waals surface area (Å²) in [5.74, 6) is 0. The summed E-state index contributed by atoms with van der Waals surface area (Å²) in [6.45, 7) is 3.91. The van der Waals surface area contributed by atoms with Gasteiger partial charge in [0.2, 0.25) is 0 Å². The quantitative estimate of drug-likeness (QED) is 0.707. The van der Waals surface area contributed by atoms with Crippen LogP contribution in [0.5, 0.6) is 0 Å². The highest BCUT2D eigenvalue weighted by atomic mass is 32.2. The molecule has 1 aromatic heterocycles. The first-order chi connectivity index (χ1) is 11.4. The van der Waals surface area contributed by atoms with Crippen LogP contribution in [0, 0.1) is 13.8 Å². The molecule has 0 saturated heterocycles. The Balaban J connectivity index is 2.02. The third-order valence-electron chi connectivity index (χ3n) is 4.10. The second-order valence-corrected chi connectivity index (χ2v) is 7.77. The van der Waals surface area contributed by atoms with Crippen LogP contribution in [0.1, 0.15) is 11.1 Å². The summed E-state index contributed by atoms with van der Waals surface area (Å²) in [5.41, 5.74) is 4.57. The lowest BCUT2D eigenvalue weighted by Gasteiger charge is -2.21. The first-order valence-electron chi connectivity index (χ1n) is 7.58. The van der Waals surface area contributed by atoms with E-state index in [9.17, 15) is 8.42 Å². The number of hydrogen-bond acceptors (Lipinski definition) is 3. The van der Waals surface area contributed by atoms with Gasteiger partial charge in [0.05, 0.1) is 23.1 Å². The van der Waals surface area contributed by atoms with E-state index in [4.69, 9.17) is 4.42 Å². The summed E-state index contributed by atoms with van der Waals surface area (Å²) in [6.07, 6.45) is 3.26. The number of nitrogens with zero attached hydrogens (tertiary/aromatic N) is 1. The van der Waals surface area contributed by atoms with Gasteiger partial charge in [-0.3, -0.25) is 4.31 Å². The van der Waals surface area contributed by atoms with Gasteiger partial charge in [-0.1, -0.05) is 23.8 Å². The van der Waals surface area contributed by atoms with Gasteiger partial charge in [-0.05, 0) is 55.3 Å². The van der Waals surface area contributed by atoms with Gasteiger partial charge in [-0.2, -0.15) is 0 Å². The smallest absolute Gasteiger partial charge is 0.264 e. The Morgan fingerprint density at radius 2 is 1.67 bits per heavy atom. The minimum Gasteiger partial charge on any atom is -0.472 e. The van der Waals surface area contributed by atoms with Crippen LogP contribution in [0.4, 0.5) is 5.69 Å². The van der Waals surface area contributed by atoms with Crippen molar-refractivity contribution in [1.82, 2.24) is 0 Å². The Hall–Kier alpha value is -2.53. The Bertz CT molecular complexity index is 943. The minimum atomic E-state index is -3.60. The summed E-state index contributed by atoms with van der Waals surface area (Å²) in [5, 5.41) is 0. The number of benzene rings is 2. The standard InChI is InChI=1S/C19H19NO3S/c1-14-4-8-18(9-5-14)24(21,22)20(3)17-7-6-15(2)19(12-17)16-10-11-23-13-16/h4-13H,1-3H3. The molecule has 0 saturated carbocycles. The predicted octanol–water partition coefficient (Wildman–Crippen LogP) is 4.39. The zero-order valence-electron chi connectivity index (χ0n) is 13.9. The summed E-state index contributed by atoms with van der Waals surface area (Å²) in [4.78, 5) is 0.279. The highest BCUT2D eigenvalue weighted by molar-refractivity contribution is 7.92. The van der Waals surface area contributed by atoms with Crippen LogP contribution in [-0.2, 0) is 10.0 Å². The zero-order chi connectivity index (χ0) is 17.3. The van der Waals surface area contributed by atoms with Crippen LogP contribution in [0.2, 0.25) is 0 Å². The second-order valence-electron chi connectivity index (χ2n) is 5.80. The van der Waals surface area contributed by atoms with E-state index in [-0.39, 0.29) is 4.90 Å². The Labute approximate surface area is 142 Å². The molecule has 1 heterocycles. The van der Waals surface area contributed by atoms with Crippen molar-refractivity contribution >= 4 is 15.7 Å². The maximum absolute atomic E-state index is 12.8. The summed E-state index contributed by atoms with van der Waals surface area (Å²) in [6, 6.07) is 14.3. The van der Waals surface area contributed by atoms with Crippen molar-refractivity contribution in [3.05, 3.63) is 72.2 Å². The van der Waals surface area contributed by atoms with Gasteiger partial charge in [-0.25, -0.2) is 8.42 Å². The molecule has 0 N–H and O–H groups in total. The number of aryl methyl sites for hydroxylation is 2. The van der Waals surface area contributed by atoms with Gasteiger partial charge in [0, 0.05) is 12.6 Å². The average molecular weight is 341 g/mol. The van der Waals surface area contributed by atoms with Gasteiger partial charge in [0.1, 0.15) is 0 Å². The van der Waals surface area contributed by atoms with Crippen molar-refractivity contribution in [2.45, 2.75) is 18.7 Å². The van der Waals surface area contributed by atoms with E-state index in [0.29, 0.717) is 5.69 Å². The molecule has 0 aliphatic heterocycles. The van der Waals surface area contributed by atoms with Crippen molar-refractivity contribution < 1.29 is 12.8 Å². The molecule has 0 fully saturated rings. The predicted molar refractivity (Wildman–Crippen MR) is 95.6 cm³/mol. The molecule has 0 amide bonds. The molecule has 0 atom stereocenters. The van der Waals surface area contributed by atoms with Gasteiger partial charge in [-0.15, -0.1) is 0 Å². The number of furan rings is 1. The maximum Gasteiger partial charge on any atom is 0.264 e. The molecule has 0 aliphatic carbocycles. The van der Waals surface area contributed by atoms with Crippen LogP contribution in [0.3, 0.4) is 0 Å². The Kier molecular flexibility index (Phi) is 4.20. The largest absolute Gasteiger partial charge is 0.472 e. The lowest BCUT2D eigenvalue weighted by Crippen LogP contribution is -2.26. The van der Waals surface area contributed by atoms with Gasteiger partial charge in [0.25, 0.3) is 10.0 Å². The highest BCUT2D eigenvalue weighted by Gasteiger charge is 2.21. The average Bonchev–Trinajstić information content (AvgIpc) is 3.09. The second kappa shape index (κ2) is 6.17. The molecule has 2 aromatic carbocycles. The van der Waals surface area contributed by atoms with E-state index < -0.39 is 10.0 Å². The first-order valence-corrected chi connectivity index (χ1v) is 9.02. The SMILES string of the molecule is Cc1ccc(S(=O)(=O)N(C)c2ccc(C)c(-c3ccoc3)c2)cc1. The molecule has 0 unspecified atom stereocenters. The monoisotopic (exact) mass is 341 g/mol. The molecule has 124 valence electrons. The molecule has 0 radical (unpaired) electrons. The van der Waals surface area contributed by atoms with Crippen LogP contribution in [-0.4, -0.2) is 15.5 Å². The molecular weight excluding hydrogens is 322 g/mol. The van der Waals surface area contributed by atoms with E-state index in [0.717, 1.165) is 22.3 Å². The van der Waals surface area contributed by atoms with E-state index in [1.54, 1.807) is 43.8 Å². The molecule has 0 bridgehead atoms. The van der Waals surface area contributed by atoms with Crippen LogP contribution in [0.25, 0.3) is 11.1 Å². The molecule has 0 aliphatic rings. The van der Waals surface area contributed by atoms with Gasteiger partial charge < -0.3 is 4.42 Å². The molecule has 0 spiro atoms. The Morgan fingerprint density at radius 1 is 0.958 bits per heavy atom. The molecule has 24 heavy (non-hydrogen) atoms. The van der Waals surface area contributed by atoms with Crippen molar-refractivity contribution in [2.24, 2.45) is 0 Å². The van der Waals surface area contributed by atoms with Gasteiger partial charge in [0.15, 0.2) is 0 Å². The van der Waals surface area contributed by atoms with Gasteiger partial charge >= 0.3 is 0 Å². The highest BCUT2D eigenvalue weighted by Crippen LogP contribution is 2.30. The molecule has 3 rings (SSSR count). The van der Waals surface area contributed by atoms with E-state index in [2.05, 4.69) is 0 Å². The fourth-order valence-corrected chi connectivity index (χ4v) is 3.73. The first kappa shape index (κ1) is 16.3. The zero-order valence-corrected chi connectivity index (χ0v) is 14.7. The maximum atomic E-state index is 12.8. The molecule has 4 nitrogen and oxygen atoms in total. The van der Waals surface area contributed by atoms with Crippen molar-refractivity contribution in [1.29, 1.82) is 0 Å². The topological polar surface area (TPSA) is 50.5 Å². The lowest BCUT2D eigenvalue weighted by atomic mass is 10.0. The van der Waals surface area contributed by atoms with Crippen molar-refractivity contribution in [3.8, 4) is 11.1 Å². The Morgan fingerprint density at radius 3 is 2.29 bits per heavy atom. The fourth-order valence-electron chi connectivity index (χ4n) is 2.54. The summed E-state index contributed by atoms with van der Waals surface area (Å²) >= 11 is 0. The van der Waals surface area contributed by atoms with E-state index in [1.165, 1.54) is 4.31 Å². The van der Waals surface area contributed by atoms with Crippen LogP contribution < -0.4 is 4.31 Å². The molecule has 3 aromatic rings. The number of hydrogen-bond donors (Lipinski definition) is 0. The summed E-state index contributed by atoms with van der Waals surface area (Å²) in [7, 11) is -2.03. The number of rotatable bonds is 4. The van der Waals surface area contributed by atoms with Crippen molar-refractivity contribution in [3.63, 3.8) is 0 Å². The van der Waals surface area contributed by atoms with Crippen LogP contribution >= 0.6 is 0 Å². The third-order valence-corrected chi connectivity index (χ3v) is 5.90. The number of anilines is 1. The number of sulfonamides is 1. The molecule has 5 heteroatoms. The summed E-state index contributed by atoms with van der Waals surface area (Å²) < 4.78 is 32.1. The lowest BCUT2D eigenvalue weighted by molar-refractivity contribution is 0.568. The molecular formula is C19H19NO3S. The van der Waals surface area contributed by atoms with Crippen molar-refractivity contribution in [2.75, 3.05) is 11.4 Å². The van der Waals surface area contributed by atoms with Crippen LogP contribution in [0.15, 0.2) is 70.4 Å².